The second-order valence-electron chi connectivity index (χ2n) is 5.47. The van der Waals surface area contributed by atoms with E-state index in [1.165, 1.54) is 64.7 Å². The van der Waals surface area contributed by atoms with E-state index in [0.29, 0.717) is 6.17 Å². The van der Waals surface area contributed by atoms with Crippen molar-refractivity contribution in [2.75, 3.05) is 26.2 Å². The van der Waals surface area contributed by atoms with E-state index in [0.717, 1.165) is 0 Å². The van der Waals surface area contributed by atoms with Crippen molar-refractivity contribution in [1.82, 2.24) is 9.80 Å². The summed E-state index contributed by atoms with van der Waals surface area (Å²) in [5.74, 6) is 0. The molecular weight excluding hydrogens is 198 g/mol. The highest BCUT2D eigenvalue weighted by Crippen LogP contribution is 2.20. The maximum Gasteiger partial charge on any atom is 0.0775 e. The van der Waals surface area contributed by atoms with Crippen LogP contribution in [0.4, 0.5) is 0 Å². The minimum absolute atomic E-state index is 0.274. The summed E-state index contributed by atoms with van der Waals surface area (Å²) in [7, 11) is 0. The molecule has 1 atom stereocenters. The summed E-state index contributed by atoms with van der Waals surface area (Å²) in [5, 5.41) is 0. The van der Waals surface area contributed by atoms with Gasteiger partial charge in [0.25, 0.3) is 0 Å². The molecule has 3 heteroatoms. The first-order valence-electron chi connectivity index (χ1n) is 7.03. The zero-order valence-corrected chi connectivity index (χ0v) is 10.7. The molecule has 1 unspecified atom stereocenters. The first kappa shape index (κ1) is 12.3. The fraction of sp³-hybridized carbons (Fsp3) is 1.00. The van der Waals surface area contributed by atoms with Gasteiger partial charge in [-0.1, -0.05) is 12.8 Å². The average Bonchev–Trinajstić information content (AvgIpc) is 2.31. The second-order valence-corrected chi connectivity index (χ2v) is 5.47. The van der Waals surface area contributed by atoms with Crippen LogP contribution in [0.1, 0.15) is 45.4 Å². The van der Waals surface area contributed by atoms with Crippen LogP contribution in [0.15, 0.2) is 0 Å². The molecule has 0 aliphatic carbocycles. The van der Waals surface area contributed by atoms with Gasteiger partial charge in [-0.2, -0.15) is 0 Å². The summed E-state index contributed by atoms with van der Waals surface area (Å²) in [6.07, 6.45) is 8.74. The van der Waals surface area contributed by atoms with E-state index in [1.54, 1.807) is 0 Å². The molecule has 2 fully saturated rings. The van der Waals surface area contributed by atoms with Gasteiger partial charge in [-0.3, -0.25) is 9.80 Å². The molecule has 0 aromatic heterocycles. The molecule has 2 rings (SSSR count). The smallest absolute Gasteiger partial charge is 0.0775 e. The predicted octanol–water partition coefficient (Wildman–Crippen LogP) is 1.63. The van der Waals surface area contributed by atoms with Crippen molar-refractivity contribution in [2.24, 2.45) is 5.73 Å². The standard InChI is InChI=1S/C13H27N3/c1-12(14)13(15-8-4-2-5-9-15)16-10-6-3-7-11-16/h12-13H,2-11,14H2,1H3. The van der Waals surface area contributed by atoms with E-state index < -0.39 is 0 Å². The zero-order chi connectivity index (χ0) is 11.4. The Hall–Kier alpha value is -0.120. The maximum absolute atomic E-state index is 6.22. The number of nitrogens with zero attached hydrogens (tertiary/aromatic N) is 2. The van der Waals surface area contributed by atoms with Crippen LogP contribution in [0.3, 0.4) is 0 Å². The minimum atomic E-state index is 0.274. The van der Waals surface area contributed by atoms with Crippen molar-refractivity contribution < 1.29 is 0 Å². The first-order chi connectivity index (χ1) is 7.79. The van der Waals surface area contributed by atoms with E-state index in [9.17, 15) is 0 Å². The van der Waals surface area contributed by atoms with Gasteiger partial charge in [0.1, 0.15) is 0 Å². The minimum Gasteiger partial charge on any atom is -0.325 e. The van der Waals surface area contributed by atoms with Gasteiger partial charge in [-0.25, -0.2) is 0 Å². The van der Waals surface area contributed by atoms with Crippen LogP contribution in [0.5, 0.6) is 0 Å². The molecule has 0 radical (unpaired) electrons. The zero-order valence-electron chi connectivity index (χ0n) is 10.7. The van der Waals surface area contributed by atoms with Gasteiger partial charge in [0.05, 0.1) is 6.17 Å². The second kappa shape index (κ2) is 5.99. The summed E-state index contributed by atoms with van der Waals surface area (Å²) in [6, 6.07) is 0.274. The molecule has 0 amide bonds. The van der Waals surface area contributed by atoms with E-state index in [-0.39, 0.29) is 6.04 Å². The van der Waals surface area contributed by atoms with Crippen molar-refractivity contribution >= 4 is 0 Å². The van der Waals surface area contributed by atoms with Gasteiger partial charge in [0.2, 0.25) is 0 Å². The van der Waals surface area contributed by atoms with Crippen LogP contribution in [0.25, 0.3) is 0 Å². The lowest BCUT2D eigenvalue weighted by molar-refractivity contribution is 0.00464. The highest BCUT2D eigenvalue weighted by atomic mass is 15.4. The molecule has 2 aliphatic rings. The molecule has 0 saturated carbocycles. The molecule has 2 aliphatic heterocycles. The van der Waals surface area contributed by atoms with E-state index >= 15 is 0 Å². The molecule has 2 N–H and O–H groups in total. The largest absolute Gasteiger partial charge is 0.325 e. The van der Waals surface area contributed by atoms with Crippen molar-refractivity contribution in [2.45, 2.75) is 57.7 Å². The van der Waals surface area contributed by atoms with Gasteiger partial charge in [0, 0.05) is 6.04 Å². The van der Waals surface area contributed by atoms with Crippen LogP contribution >= 0.6 is 0 Å². The van der Waals surface area contributed by atoms with Gasteiger partial charge in [-0.15, -0.1) is 0 Å². The molecule has 0 aromatic rings. The van der Waals surface area contributed by atoms with Gasteiger partial charge in [0.15, 0.2) is 0 Å². The Balaban J connectivity index is 1.96. The summed E-state index contributed by atoms with van der Waals surface area (Å²) >= 11 is 0. The SMILES string of the molecule is CC(N)C(N1CCCCC1)N1CCCCC1. The molecule has 0 aromatic carbocycles. The molecule has 3 nitrogen and oxygen atoms in total. The normalized spacial score (nSPS) is 27.2. The average molecular weight is 225 g/mol. The van der Waals surface area contributed by atoms with E-state index in [4.69, 9.17) is 5.73 Å². The van der Waals surface area contributed by atoms with Crippen LogP contribution in [-0.2, 0) is 0 Å². The predicted molar refractivity (Wildman–Crippen MR) is 68.3 cm³/mol. The lowest BCUT2D eigenvalue weighted by atomic mass is 10.0. The van der Waals surface area contributed by atoms with Gasteiger partial charge in [-0.05, 0) is 58.8 Å². The third-order valence-electron chi connectivity index (χ3n) is 4.00. The molecule has 2 saturated heterocycles. The Labute approximate surface area is 100.0 Å². The molecule has 0 spiro atoms. The number of hydrogen-bond acceptors (Lipinski definition) is 3. The third kappa shape index (κ3) is 2.96. The summed E-state index contributed by atoms with van der Waals surface area (Å²) in [6.45, 7) is 7.19. The number of likely N-dealkylation sites (tertiary alicyclic amines) is 2. The summed E-state index contributed by atoms with van der Waals surface area (Å²) < 4.78 is 0. The number of nitrogens with two attached hydrogens (primary N) is 1. The fourth-order valence-electron chi connectivity index (χ4n) is 3.26. The first-order valence-corrected chi connectivity index (χ1v) is 7.03. The number of rotatable bonds is 3. The van der Waals surface area contributed by atoms with Crippen LogP contribution < -0.4 is 5.73 Å². The Kier molecular flexibility index (Phi) is 4.62. The molecule has 16 heavy (non-hydrogen) atoms. The fourth-order valence-corrected chi connectivity index (χ4v) is 3.26. The monoisotopic (exact) mass is 225 g/mol. The maximum atomic E-state index is 6.22. The van der Waals surface area contributed by atoms with Crippen LogP contribution in [-0.4, -0.2) is 48.2 Å². The highest BCUT2D eigenvalue weighted by Gasteiger charge is 2.29. The summed E-state index contributed by atoms with van der Waals surface area (Å²) in [5.41, 5.74) is 6.22. The van der Waals surface area contributed by atoms with Crippen molar-refractivity contribution in [3.63, 3.8) is 0 Å². The molecule has 94 valence electrons. The highest BCUT2D eigenvalue weighted by molar-refractivity contribution is 4.83. The van der Waals surface area contributed by atoms with Crippen molar-refractivity contribution in [3.05, 3.63) is 0 Å². The van der Waals surface area contributed by atoms with E-state index in [2.05, 4.69) is 16.7 Å². The molecular formula is C13H27N3. The summed E-state index contributed by atoms with van der Waals surface area (Å²) in [4.78, 5) is 5.25. The lowest BCUT2D eigenvalue weighted by Crippen LogP contribution is -2.59. The number of hydrogen-bond donors (Lipinski definition) is 1. The Morgan fingerprint density at radius 2 is 1.12 bits per heavy atom. The van der Waals surface area contributed by atoms with Crippen LogP contribution in [0, 0.1) is 0 Å². The lowest BCUT2D eigenvalue weighted by Gasteiger charge is -2.45. The molecule has 0 bridgehead atoms. The Morgan fingerprint density at radius 3 is 1.44 bits per heavy atom. The van der Waals surface area contributed by atoms with Gasteiger partial charge >= 0.3 is 0 Å². The van der Waals surface area contributed by atoms with E-state index in [1.807, 2.05) is 0 Å². The van der Waals surface area contributed by atoms with Crippen LogP contribution in [0.2, 0.25) is 0 Å². The van der Waals surface area contributed by atoms with Crippen molar-refractivity contribution in [3.8, 4) is 0 Å². The topological polar surface area (TPSA) is 32.5 Å². The Bertz CT molecular complexity index is 175. The Morgan fingerprint density at radius 1 is 0.750 bits per heavy atom. The molecule has 2 heterocycles. The quantitative estimate of drug-likeness (QED) is 0.792. The number of piperidine rings is 2. The third-order valence-corrected chi connectivity index (χ3v) is 4.00. The van der Waals surface area contributed by atoms with Gasteiger partial charge < -0.3 is 5.73 Å². The van der Waals surface area contributed by atoms with Crippen molar-refractivity contribution in [1.29, 1.82) is 0 Å².